The summed E-state index contributed by atoms with van der Waals surface area (Å²) in [6.07, 6.45) is 5.77. The van der Waals surface area contributed by atoms with Crippen molar-refractivity contribution in [3.8, 4) is 0 Å². The van der Waals surface area contributed by atoms with Gasteiger partial charge in [0.1, 0.15) is 6.54 Å². The van der Waals surface area contributed by atoms with Crippen LogP contribution in [-0.2, 0) is 0 Å². The number of rotatable bonds is 9. The molecule has 0 amide bonds. The highest BCUT2D eigenvalue weighted by molar-refractivity contribution is 6.17. The molecule has 0 aliphatic heterocycles. The summed E-state index contributed by atoms with van der Waals surface area (Å²) in [6, 6.07) is 27.0. The molecular formula is C36H48N3+. The Hall–Kier alpha value is -3.59. The van der Waals surface area contributed by atoms with E-state index >= 15 is 0 Å². The molecule has 0 saturated carbocycles. The number of fused-ring (bicyclic) bond motifs is 1. The van der Waals surface area contributed by atoms with Crippen molar-refractivity contribution in [2.45, 2.75) is 54.9 Å². The van der Waals surface area contributed by atoms with Crippen LogP contribution in [0.15, 0.2) is 84.9 Å². The highest BCUT2D eigenvalue weighted by atomic mass is 15.1. The van der Waals surface area contributed by atoms with E-state index in [1.54, 1.807) is 0 Å². The van der Waals surface area contributed by atoms with Crippen molar-refractivity contribution in [3.63, 3.8) is 0 Å². The molecule has 3 nitrogen and oxygen atoms in total. The Morgan fingerprint density at radius 1 is 0.564 bits per heavy atom. The Labute approximate surface area is 237 Å². The summed E-state index contributed by atoms with van der Waals surface area (Å²) in [5.41, 5.74) is 11.3. The summed E-state index contributed by atoms with van der Waals surface area (Å²) in [5, 5.41) is 0. The van der Waals surface area contributed by atoms with E-state index in [0.717, 1.165) is 32.7 Å². The predicted molar refractivity (Wildman–Crippen MR) is 173 cm³/mol. The molecule has 1 aliphatic rings. The molecule has 0 radical (unpaired) electrons. The Morgan fingerprint density at radius 3 is 1.41 bits per heavy atom. The van der Waals surface area contributed by atoms with Crippen molar-refractivity contribution >= 4 is 28.2 Å². The lowest BCUT2D eigenvalue weighted by Gasteiger charge is -2.24. The number of anilines is 2. The van der Waals surface area contributed by atoms with Crippen LogP contribution >= 0.6 is 0 Å². The first kappa shape index (κ1) is 30.0. The second-order valence-electron chi connectivity index (χ2n) is 9.76. The van der Waals surface area contributed by atoms with Gasteiger partial charge in [-0.2, -0.15) is 0 Å². The summed E-state index contributed by atoms with van der Waals surface area (Å²) in [4.78, 5) is 8.33. The fraction of sp³-hybridized carbons (Fsp3) is 0.361. The van der Waals surface area contributed by atoms with E-state index in [4.69, 9.17) is 0 Å². The quantitative estimate of drug-likeness (QED) is 0.320. The molecule has 3 aromatic carbocycles. The number of hydrogen-bond acceptors (Lipinski definition) is 2. The summed E-state index contributed by atoms with van der Waals surface area (Å²) < 4.78 is 0. The Bertz CT molecular complexity index is 1200. The summed E-state index contributed by atoms with van der Waals surface area (Å²) in [6.45, 7) is 20.2. The SMILES string of the molecule is CCC.CC[NH+]=C1C=CC(=C(c2ccc(N(CC)CC)cc2)c2ccc(N(CC)CC)cc2)c2ccccc21. The van der Waals surface area contributed by atoms with E-state index in [0.29, 0.717) is 0 Å². The van der Waals surface area contributed by atoms with Crippen molar-refractivity contribution < 1.29 is 4.99 Å². The lowest BCUT2D eigenvalue weighted by molar-refractivity contribution is -0.450. The van der Waals surface area contributed by atoms with Gasteiger partial charge in [-0.1, -0.05) is 62.7 Å². The van der Waals surface area contributed by atoms with Gasteiger partial charge in [-0.25, -0.2) is 4.99 Å². The number of nitrogens with zero attached hydrogens (tertiary/aromatic N) is 2. The van der Waals surface area contributed by atoms with Crippen LogP contribution in [0.25, 0.3) is 11.1 Å². The molecule has 0 spiro atoms. The van der Waals surface area contributed by atoms with Crippen molar-refractivity contribution in [1.82, 2.24) is 0 Å². The molecule has 206 valence electrons. The molecule has 0 saturated heterocycles. The predicted octanol–water partition coefficient (Wildman–Crippen LogP) is 7.21. The third-order valence-corrected chi connectivity index (χ3v) is 7.13. The van der Waals surface area contributed by atoms with Gasteiger partial charge >= 0.3 is 0 Å². The summed E-state index contributed by atoms with van der Waals surface area (Å²) in [7, 11) is 0. The van der Waals surface area contributed by atoms with Gasteiger partial charge < -0.3 is 9.80 Å². The van der Waals surface area contributed by atoms with E-state index in [2.05, 4.69) is 148 Å². The first-order chi connectivity index (χ1) is 19.1. The smallest absolute Gasteiger partial charge is 0.206 e. The number of allylic oxidation sites excluding steroid dienone is 3. The average Bonchev–Trinajstić information content (AvgIpc) is 2.97. The largest absolute Gasteiger partial charge is 0.372 e. The molecule has 0 bridgehead atoms. The first-order valence-electron chi connectivity index (χ1n) is 14.9. The fourth-order valence-corrected chi connectivity index (χ4v) is 5.19. The third kappa shape index (κ3) is 7.09. The molecule has 1 aliphatic carbocycles. The van der Waals surface area contributed by atoms with Crippen LogP contribution < -0.4 is 14.8 Å². The highest BCUT2D eigenvalue weighted by Gasteiger charge is 2.22. The molecule has 0 atom stereocenters. The van der Waals surface area contributed by atoms with Gasteiger partial charge in [0.25, 0.3) is 0 Å². The van der Waals surface area contributed by atoms with Crippen LogP contribution in [-0.4, -0.2) is 38.4 Å². The van der Waals surface area contributed by atoms with Gasteiger partial charge in [-0.3, -0.25) is 0 Å². The minimum Gasteiger partial charge on any atom is -0.372 e. The van der Waals surface area contributed by atoms with Gasteiger partial charge in [-0.05, 0) is 98.9 Å². The monoisotopic (exact) mass is 522 g/mol. The van der Waals surface area contributed by atoms with Crippen molar-refractivity contribution in [1.29, 1.82) is 0 Å². The molecule has 0 fully saturated rings. The zero-order valence-electron chi connectivity index (χ0n) is 25.2. The molecule has 3 heteroatoms. The molecule has 39 heavy (non-hydrogen) atoms. The highest BCUT2D eigenvalue weighted by Crippen LogP contribution is 2.37. The van der Waals surface area contributed by atoms with Crippen molar-refractivity contribution in [2.75, 3.05) is 42.5 Å². The van der Waals surface area contributed by atoms with Crippen LogP contribution in [0.2, 0.25) is 0 Å². The summed E-state index contributed by atoms with van der Waals surface area (Å²) >= 11 is 0. The van der Waals surface area contributed by atoms with Gasteiger partial charge in [-0.15, -0.1) is 0 Å². The third-order valence-electron chi connectivity index (χ3n) is 7.13. The van der Waals surface area contributed by atoms with Crippen LogP contribution in [0.5, 0.6) is 0 Å². The minimum absolute atomic E-state index is 0.902. The van der Waals surface area contributed by atoms with Crippen molar-refractivity contribution in [3.05, 3.63) is 107 Å². The van der Waals surface area contributed by atoms with Crippen molar-refractivity contribution in [2.24, 2.45) is 0 Å². The zero-order valence-corrected chi connectivity index (χ0v) is 25.2. The van der Waals surface area contributed by atoms with E-state index < -0.39 is 0 Å². The van der Waals surface area contributed by atoms with E-state index in [-0.39, 0.29) is 0 Å². The summed E-state index contributed by atoms with van der Waals surface area (Å²) in [5.74, 6) is 0. The Morgan fingerprint density at radius 2 is 1.00 bits per heavy atom. The second-order valence-corrected chi connectivity index (χ2v) is 9.76. The van der Waals surface area contributed by atoms with Gasteiger partial charge in [0.05, 0.1) is 5.56 Å². The number of hydrogen-bond donors (Lipinski definition) is 1. The number of nitrogens with one attached hydrogen (secondary N) is 1. The first-order valence-corrected chi connectivity index (χ1v) is 14.9. The molecule has 1 N–H and O–H groups in total. The molecule has 3 aromatic rings. The lowest BCUT2D eigenvalue weighted by Crippen LogP contribution is -2.72. The Balaban J connectivity index is 0.00000134. The normalized spacial score (nSPS) is 13.0. The molecular weight excluding hydrogens is 474 g/mol. The zero-order chi connectivity index (χ0) is 28.2. The van der Waals surface area contributed by atoms with Gasteiger partial charge in [0.15, 0.2) is 0 Å². The van der Waals surface area contributed by atoms with E-state index in [1.807, 2.05) is 0 Å². The maximum atomic E-state index is 3.54. The maximum absolute atomic E-state index is 3.54. The van der Waals surface area contributed by atoms with Gasteiger partial charge in [0, 0.05) is 43.6 Å². The molecule has 0 heterocycles. The topological polar surface area (TPSA) is 20.5 Å². The van der Waals surface area contributed by atoms with E-state index in [9.17, 15) is 0 Å². The standard InChI is InChI=1S/C33H39N3.C3H8/c1-6-34-32-24-23-31(29-13-11-12-14-30(29)32)33(25-15-19-27(20-16-25)35(7-2)8-3)26-17-21-28(22-18-26)36(9-4)10-5;1-3-2/h11-24H,6-10H2,1-5H3;3H2,1-2H3/p+1. The van der Waals surface area contributed by atoms with Crippen LogP contribution in [0.3, 0.4) is 0 Å². The Kier molecular flexibility index (Phi) is 11.6. The molecule has 0 aromatic heterocycles. The molecule has 4 rings (SSSR count). The van der Waals surface area contributed by atoms with E-state index in [1.165, 1.54) is 56.9 Å². The lowest BCUT2D eigenvalue weighted by atomic mass is 9.83. The minimum atomic E-state index is 0.902. The second kappa shape index (κ2) is 15.1. The molecule has 0 unspecified atom stereocenters. The van der Waals surface area contributed by atoms with Gasteiger partial charge in [0.2, 0.25) is 5.71 Å². The average molecular weight is 523 g/mol. The van der Waals surface area contributed by atoms with Crippen LogP contribution in [0.4, 0.5) is 11.4 Å². The van der Waals surface area contributed by atoms with Crippen LogP contribution in [0.1, 0.15) is 77.1 Å². The number of benzene rings is 3. The van der Waals surface area contributed by atoms with Crippen LogP contribution in [0, 0.1) is 0 Å². The fourth-order valence-electron chi connectivity index (χ4n) is 5.19. The maximum Gasteiger partial charge on any atom is 0.206 e.